The molecule has 0 fully saturated rings. The molecule has 0 aliphatic heterocycles. The van der Waals surface area contributed by atoms with Gasteiger partial charge in [-0.1, -0.05) is 47.0 Å². The molecule has 150 valence electrons. The molecule has 2 N–H and O–H groups in total. The van der Waals surface area contributed by atoms with Gasteiger partial charge >= 0.3 is 0 Å². The van der Waals surface area contributed by atoms with Gasteiger partial charge in [0.2, 0.25) is 0 Å². The predicted molar refractivity (Wildman–Crippen MR) is 118 cm³/mol. The van der Waals surface area contributed by atoms with E-state index in [1.54, 1.807) is 43.3 Å². The van der Waals surface area contributed by atoms with Crippen molar-refractivity contribution in [1.82, 2.24) is 0 Å². The third-order valence-corrected chi connectivity index (χ3v) is 6.31. The molecule has 5 nitrogen and oxygen atoms in total. The number of rotatable bonds is 5. The molecule has 3 rings (SSSR count). The summed E-state index contributed by atoms with van der Waals surface area (Å²) in [5.41, 5.74) is 2.49. The van der Waals surface area contributed by atoms with Gasteiger partial charge in [-0.15, -0.1) is 0 Å². The van der Waals surface area contributed by atoms with E-state index in [1.165, 1.54) is 12.1 Å². The van der Waals surface area contributed by atoms with E-state index in [0.717, 1.165) is 5.56 Å². The lowest BCUT2D eigenvalue weighted by atomic mass is 10.1. The van der Waals surface area contributed by atoms with E-state index < -0.39 is 15.9 Å². The van der Waals surface area contributed by atoms with Crippen molar-refractivity contribution in [3.63, 3.8) is 0 Å². The molecule has 29 heavy (non-hydrogen) atoms. The molecular formula is C21H18Cl2N2O3S. The van der Waals surface area contributed by atoms with Crippen molar-refractivity contribution in [1.29, 1.82) is 0 Å². The number of halogens is 2. The fraction of sp³-hybridized carbons (Fsp3) is 0.0952. The van der Waals surface area contributed by atoms with Gasteiger partial charge in [0.25, 0.3) is 15.9 Å². The standard InChI is InChI=1S/C21H18Cl2N2O3S/c1-13-3-8-17(9-4-13)25-29(27,28)20-11-15(6-5-14(20)2)21(26)24-19-12-16(22)7-10-18(19)23/h3-12,25H,1-2H3,(H,24,26). The van der Waals surface area contributed by atoms with E-state index in [-0.39, 0.29) is 10.5 Å². The van der Waals surface area contributed by atoms with E-state index >= 15 is 0 Å². The van der Waals surface area contributed by atoms with E-state index in [2.05, 4.69) is 10.0 Å². The van der Waals surface area contributed by atoms with Crippen LogP contribution < -0.4 is 10.0 Å². The molecule has 0 spiro atoms. The zero-order valence-electron chi connectivity index (χ0n) is 15.7. The highest BCUT2D eigenvalue weighted by Crippen LogP contribution is 2.27. The van der Waals surface area contributed by atoms with E-state index in [0.29, 0.717) is 27.0 Å². The Morgan fingerprint density at radius 3 is 2.28 bits per heavy atom. The van der Waals surface area contributed by atoms with Gasteiger partial charge in [-0.2, -0.15) is 0 Å². The van der Waals surface area contributed by atoms with Crippen LogP contribution in [0.4, 0.5) is 11.4 Å². The average molecular weight is 449 g/mol. The number of hydrogen-bond acceptors (Lipinski definition) is 3. The van der Waals surface area contributed by atoms with Crippen molar-refractivity contribution < 1.29 is 13.2 Å². The van der Waals surface area contributed by atoms with Gasteiger partial charge in [0.15, 0.2) is 0 Å². The Kier molecular flexibility index (Phi) is 6.17. The second-order valence-electron chi connectivity index (χ2n) is 6.53. The minimum Gasteiger partial charge on any atom is -0.321 e. The lowest BCUT2D eigenvalue weighted by molar-refractivity contribution is 0.102. The largest absolute Gasteiger partial charge is 0.321 e. The number of aryl methyl sites for hydroxylation is 2. The predicted octanol–water partition coefficient (Wildman–Crippen LogP) is 5.66. The number of carbonyl (C=O) groups is 1. The SMILES string of the molecule is Cc1ccc(NS(=O)(=O)c2cc(C(=O)Nc3cc(Cl)ccc3Cl)ccc2C)cc1. The van der Waals surface area contributed by atoms with Crippen molar-refractivity contribution in [2.45, 2.75) is 18.7 Å². The summed E-state index contributed by atoms with van der Waals surface area (Å²) in [5.74, 6) is -0.499. The number of nitrogens with one attached hydrogen (secondary N) is 2. The Hall–Kier alpha value is -2.54. The van der Waals surface area contributed by atoms with Gasteiger partial charge in [-0.3, -0.25) is 9.52 Å². The minimum atomic E-state index is -3.88. The third-order valence-electron chi connectivity index (χ3n) is 4.22. The molecule has 0 unspecified atom stereocenters. The van der Waals surface area contributed by atoms with E-state index in [1.807, 2.05) is 19.1 Å². The Bertz CT molecular complexity index is 1180. The number of carbonyl (C=O) groups excluding carboxylic acids is 1. The number of sulfonamides is 1. The molecule has 0 atom stereocenters. The molecule has 1 amide bonds. The number of hydrogen-bond donors (Lipinski definition) is 2. The molecule has 0 aromatic heterocycles. The van der Waals surface area contributed by atoms with Gasteiger partial charge in [0, 0.05) is 16.3 Å². The first-order chi connectivity index (χ1) is 13.7. The fourth-order valence-corrected chi connectivity index (χ4v) is 4.32. The second-order valence-corrected chi connectivity index (χ2v) is 9.02. The Morgan fingerprint density at radius 2 is 1.59 bits per heavy atom. The molecule has 0 aliphatic rings. The maximum atomic E-state index is 12.9. The monoisotopic (exact) mass is 448 g/mol. The minimum absolute atomic E-state index is 0.0166. The first-order valence-corrected chi connectivity index (χ1v) is 10.9. The van der Waals surface area contributed by atoms with Gasteiger partial charge < -0.3 is 5.32 Å². The Labute approximate surface area is 179 Å². The zero-order chi connectivity index (χ0) is 21.2. The summed E-state index contributed by atoms with van der Waals surface area (Å²) >= 11 is 12.0. The first-order valence-electron chi connectivity index (χ1n) is 8.62. The third kappa shape index (κ3) is 5.09. The molecule has 8 heteroatoms. The number of amides is 1. The van der Waals surface area contributed by atoms with Crippen LogP contribution in [0.2, 0.25) is 10.0 Å². The highest BCUT2D eigenvalue weighted by atomic mass is 35.5. The molecule has 0 bridgehead atoms. The maximum Gasteiger partial charge on any atom is 0.262 e. The van der Waals surface area contributed by atoms with Crippen molar-refractivity contribution in [3.05, 3.63) is 87.4 Å². The Balaban J connectivity index is 1.89. The van der Waals surface area contributed by atoms with Crippen LogP contribution in [0.1, 0.15) is 21.5 Å². The van der Waals surface area contributed by atoms with Crippen molar-refractivity contribution in [3.8, 4) is 0 Å². The second kappa shape index (κ2) is 8.45. The molecule has 0 saturated carbocycles. The molecule has 0 radical (unpaired) electrons. The summed E-state index contributed by atoms with van der Waals surface area (Å²) in [5, 5.41) is 3.39. The van der Waals surface area contributed by atoms with Gasteiger partial charge in [0.05, 0.1) is 15.6 Å². The zero-order valence-corrected chi connectivity index (χ0v) is 18.0. The molecule has 0 heterocycles. The van der Waals surface area contributed by atoms with Crippen molar-refractivity contribution in [2.24, 2.45) is 0 Å². The molecule has 3 aromatic carbocycles. The van der Waals surface area contributed by atoms with Gasteiger partial charge in [-0.05, 0) is 61.9 Å². The first kappa shape index (κ1) is 21.2. The van der Waals surface area contributed by atoms with E-state index in [9.17, 15) is 13.2 Å². The van der Waals surface area contributed by atoms with Gasteiger partial charge in [0.1, 0.15) is 0 Å². The molecule has 0 saturated heterocycles. The van der Waals surface area contributed by atoms with E-state index in [4.69, 9.17) is 23.2 Å². The van der Waals surface area contributed by atoms with Crippen LogP contribution in [-0.2, 0) is 10.0 Å². The summed E-state index contributed by atoms with van der Waals surface area (Å²) in [6.07, 6.45) is 0. The fourth-order valence-electron chi connectivity index (χ4n) is 2.65. The topological polar surface area (TPSA) is 75.3 Å². The summed E-state index contributed by atoms with van der Waals surface area (Å²) < 4.78 is 28.3. The van der Waals surface area contributed by atoms with Crippen LogP contribution in [0.5, 0.6) is 0 Å². The van der Waals surface area contributed by atoms with Crippen LogP contribution in [0.25, 0.3) is 0 Å². The highest BCUT2D eigenvalue weighted by Gasteiger charge is 2.20. The summed E-state index contributed by atoms with van der Waals surface area (Å²) in [6.45, 7) is 3.58. The van der Waals surface area contributed by atoms with Crippen LogP contribution in [0, 0.1) is 13.8 Å². The van der Waals surface area contributed by atoms with Crippen LogP contribution in [0.3, 0.4) is 0 Å². The number of anilines is 2. The quantitative estimate of drug-likeness (QED) is 0.528. The summed E-state index contributed by atoms with van der Waals surface area (Å²) in [7, 11) is -3.88. The van der Waals surface area contributed by atoms with Crippen LogP contribution >= 0.6 is 23.2 Å². The number of benzene rings is 3. The van der Waals surface area contributed by atoms with Crippen molar-refractivity contribution >= 4 is 50.5 Å². The van der Waals surface area contributed by atoms with Gasteiger partial charge in [-0.25, -0.2) is 8.42 Å². The lowest BCUT2D eigenvalue weighted by Gasteiger charge is -2.13. The summed E-state index contributed by atoms with van der Waals surface area (Å²) in [6, 6.07) is 16.1. The highest BCUT2D eigenvalue weighted by molar-refractivity contribution is 7.92. The van der Waals surface area contributed by atoms with Crippen LogP contribution in [0.15, 0.2) is 65.6 Å². The maximum absolute atomic E-state index is 12.9. The molecular weight excluding hydrogens is 431 g/mol. The lowest BCUT2D eigenvalue weighted by Crippen LogP contribution is -2.17. The van der Waals surface area contributed by atoms with Crippen LogP contribution in [-0.4, -0.2) is 14.3 Å². The smallest absolute Gasteiger partial charge is 0.262 e. The summed E-state index contributed by atoms with van der Waals surface area (Å²) in [4.78, 5) is 12.7. The molecule has 3 aromatic rings. The molecule has 0 aliphatic carbocycles. The Morgan fingerprint density at radius 1 is 0.897 bits per heavy atom. The normalized spacial score (nSPS) is 11.2. The average Bonchev–Trinajstić information content (AvgIpc) is 2.66. The van der Waals surface area contributed by atoms with Crippen molar-refractivity contribution in [2.75, 3.05) is 10.0 Å².